The summed E-state index contributed by atoms with van der Waals surface area (Å²) in [5.74, 6) is 3.20. The highest BCUT2D eigenvalue weighted by Gasteiger charge is 1.94. The molecule has 0 amide bonds. The van der Waals surface area contributed by atoms with E-state index in [1.165, 1.54) is 4.90 Å². The zero-order valence-corrected chi connectivity index (χ0v) is 10.3. The van der Waals surface area contributed by atoms with E-state index in [1.54, 1.807) is 11.8 Å². The third kappa shape index (κ3) is 4.29. The Bertz CT molecular complexity index is 246. The van der Waals surface area contributed by atoms with Gasteiger partial charge in [0.1, 0.15) is 5.75 Å². The molecule has 0 fully saturated rings. The third-order valence-corrected chi connectivity index (χ3v) is 3.37. The van der Waals surface area contributed by atoms with Crippen molar-refractivity contribution >= 4 is 23.5 Å². The van der Waals surface area contributed by atoms with E-state index in [0.29, 0.717) is 0 Å². The molecule has 1 aromatic carbocycles. The molecule has 0 atom stereocenters. The quantitative estimate of drug-likeness (QED) is 0.544. The Morgan fingerprint density at radius 1 is 1.21 bits per heavy atom. The van der Waals surface area contributed by atoms with E-state index >= 15 is 0 Å². The lowest BCUT2D eigenvalue weighted by molar-refractivity contribution is 0.344. The summed E-state index contributed by atoms with van der Waals surface area (Å²) in [7, 11) is 0. The fraction of sp³-hybridized carbons (Fsp3) is 0.455. The van der Waals surface area contributed by atoms with Crippen molar-refractivity contribution in [3.8, 4) is 5.75 Å². The zero-order chi connectivity index (χ0) is 10.2. The predicted molar refractivity (Wildman–Crippen MR) is 66.7 cm³/mol. The molecule has 0 saturated carbocycles. The average molecular weight is 228 g/mol. The largest absolute Gasteiger partial charge is 0.493 e. The van der Waals surface area contributed by atoms with Crippen molar-refractivity contribution in [2.75, 3.05) is 24.4 Å². The molecule has 1 aromatic rings. The van der Waals surface area contributed by atoms with Gasteiger partial charge in [0.2, 0.25) is 0 Å². The number of rotatable bonds is 6. The van der Waals surface area contributed by atoms with Crippen molar-refractivity contribution < 1.29 is 4.74 Å². The Hall–Kier alpha value is -0.280. The first-order chi connectivity index (χ1) is 6.86. The SMILES string of the molecule is CCSCCOc1ccc(SC)cc1. The van der Waals surface area contributed by atoms with Gasteiger partial charge in [-0.05, 0) is 36.3 Å². The minimum Gasteiger partial charge on any atom is -0.493 e. The first kappa shape index (κ1) is 11.8. The van der Waals surface area contributed by atoms with Crippen LogP contribution in [0.2, 0.25) is 0 Å². The average Bonchev–Trinajstić information content (AvgIpc) is 2.25. The van der Waals surface area contributed by atoms with Gasteiger partial charge in [-0.2, -0.15) is 11.8 Å². The highest BCUT2D eigenvalue weighted by Crippen LogP contribution is 2.18. The van der Waals surface area contributed by atoms with E-state index in [2.05, 4.69) is 25.3 Å². The van der Waals surface area contributed by atoms with Crippen LogP contribution in [0.15, 0.2) is 29.2 Å². The van der Waals surface area contributed by atoms with Crippen LogP contribution in [-0.4, -0.2) is 24.4 Å². The Morgan fingerprint density at radius 2 is 1.93 bits per heavy atom. The number of hydrogen-bond acceptors (Lipinski definition) is 3. The Kier molecular flexibility index (Phi) is 5.96. The van der Waals surface area contributed by atoms with Crippen LogP contribution in [-0.2, 0) is 0 Å². The summed E-state index contributed by atoms with van der Waals surface area (Å²) in [6.07, 6.45) is 2.08. The maximum absolute atomic E-state index is 5.58. The molecule has 0 bridgehead atoms. The van der Waals surface area contributed by atoms with Crippen LogP contribution in [0.3, 0.4) is 0 Å². The maximum Gasteiger partial charge on any atom is 0.119 e. The standard InChI is InChI=1S/C11H16OS2/c1-3-14-9-8-12-10-4-6-11(13-2)7-5-10/h4-7H,3,8-9H2,1-2H3. The van der Waals surface area contributed by atoms with E-state index in [-0.39, 0.29) is 0 Å². The molecular formula is C11H16OS2. The molecule has 0 unspecified atom stereocenters. The second-order valence-corrected chi connectivity index (χ2v) is 4.99. The van der Waals surface area contributed by atoms with Crippen LogP contribution in [0.25, 0.3) is 0 Å². The van der Waals surface area contributed by atoms with Gasteiger partial charge in [0.05, 0.1) is 6.61 Å². The molecule has 1 rings (SSSR count). The third-order valence-electron chi connectivity index (χ3n) is 1.76. The molecule has 0 spiro atoms. The van der Waals surface area contributed by atoms with Crippen LogP contribution < -0.4 is 4.74 Å². The molecule has 0 heterocycles. The minimum atomic E-state index is 0.803. The van der Waals surface area contributed by atoms with Gasteiger partial charge >= 0.3 is 0 Å². The number of benzene rings is 1. The molecule has 0 aliphatic rings. The minimum absolute atomic E-state index is 0.803. The van der Waals surface area contributed by atoms with Gasteiger partial charge in [-0.3, -0.25) is 0 Å². The molecule has 1 nitrogen and oxygen atoms in total. The molecule has 0 aromatic heterocycles. The fourth-order valence-electron chi connectivity index (χ4n) is 1.03. The Balaban J connectivity index is 2.29. The summed E-state index contributed by atoms with van der Waals surface area (Å²) in [5, 5.41) is 0. The van der Waals surface area contributed by atoms with Crippen molar-refractivity contribution in [2.45, 2.75) is 11.8 Å². The lowest BCUT2D eigenvalue weighted by atomic mass is 10.3. The number of ether oxygens (including phenoxy) is 1. The van der Waals surface area contributed by atoms with Crippen LogP contribution >= 0.6 is 23.5 Å². The lowest BCUT2D eigenvalue weighted by Crippen LogP contribution is -1.99. The van der Waals surface area contributed by atoms with Gasteiger partial charge in [0, 0.05) is 10.6 Å². The molecule has 14 heavy (non-hydrogen) atoms. The Morgan fingerprint density at radius 3 is 2.50 bits per heavy atom. The fourth-order valence-corrected chi connectivity index (χ4v) is 1.93. The van der Waals surface area contributed by atoms with Crippen molar-refractivity contribution in [1.82, 2.24) is 0 Å². The van der Waals surface area contributed by atoms with Gasteiger partial charge in [-0.15, -0.1) is 11.8 Å². The summed E-state index contributed by atoms with van der Waals surface area (Å²) in [5.41, 5.74) is 0. The van der Waals surface area contributed by atoms with E-state index in [9.17, 15) is 0 Å². The van der Waals surface area contributed by atoms with Crippen molar-refractivity contribution in [1.29, 1.82) is 0 Å². The molecular weight excluding hydrogens is 212 g/mol. The van der Waals surface area contributed by atoms with E-state index in [1.807, 2.05) is 23.9 Å². The molecule has 3 heteroatoms. The topological polar surface area (TPSA) is 9.23 Å². The van der Waals surface area contributed by atoms with Gasteiger partial charge in [0.25, 0.3) is 0 Å². The summed E-state index contributed by atoms with van der Waals surface area (Å²) in [6.45, 7) is 2.97. The summed E-state index contributed by atoms with van der Waals surface area (Å²) < 4.78 is 5.58. The van der Waals surface area contributed by atoms with Crippen molar-refractivity contribution in [3.05, 3.63) is 24.3 Å². The number of hydrogen-bond donors (Lipinski definition) is 0. The molecule has 0 saturated heterocycles. The highest BCUT2D eigenvalue weighted by atomic mass is 32.2. The normalized spacial score (nSPS) is 10.1. The molecule has 0 radical (unpaired) electrons. The van der Waals surface area contributed by atoms with E-state index in [4.69, 9.17) is 4.74 Å². The van der Waals surface area contributed by atoms with Gasteiger partial charge in [0.15, 0.2) is 0 Å². The van der Waals surface area contributed by atoms with E-state index in [0.717, 1.165) is 23.9 Å². The molecule has 0 aliphatic heterocycles. The number of thioether (sulfide) groups is 2. The highest BCUT2D eigenvalue weighted by molar-refractivity contribution is 7.99. The lowest BCUT2D eigenvalue weighted by Gasteiger charge is -2.05. The summed E-state index contributed by atoms with van der Waals surface area (Å²) in [6, 6.07) is 8.24. The molecule has 0 aliphatic carbocycles. The second-order valence-electron chi connectivity index (χ2n) is 2.72. The summed E-state index contributed by atoms with van der Waals surface area (Å²) in [4.78, 5) is 1.28. The zero-order valence-electron chi connectivity index (χ0n) is 8.66. The first-order valence-corrected chi connectivity index (χ1v) is 7.09. The maximum atomic E-state index is 5.58. The van der Waals surface area contributed by atoms with Gasteiger partial charge in [-0.1, -0.05) is 6.92 Å². The second kappa shape index (κ2) is 7.07. The van der Waals surface area contributed by atoms with Crippen LogP contribution in [0.1, 0.15) is 6.92 Å². The Labute approximate surface area is 94.6 Å². The van der Waals surface area contributed by atoms with Crippen molar-refractivity contribution in [3.63, 3.8) is 0 Å². The predicted octanol–water partition coefficient (Wildman–Crippen LogP) is 3.54. The van der Waals surface area contributed by atoms with Crippen LogP contribution in [0, 0.1) is 0 Å². The smallest absolute Gasteiger partial charge is 0.119 e. The first-order valence-electron chi connectivity index (χ1n) is 4.71. The van der Waals surface area contributed by atoms with Crippen LogP contribution in [0.5, 0.6) is 5.75 Å². The summed E-state index contributed by atoms with van der Waals surface area (Å²) >= 11 is 3.66. The van der Waals surface area contributed by atoms with Gasteiger partial charge in [-0.25, -0.2) is 0 Å². The molecule has 78 valence electrons. The van der Waals surface area contributed by atoms with Crippen LogP contribution in [0.4, 0.5) is 0 Å². The van der Waals surface area contributed by atoms with Crippen molar-refractivity contribution in [2.24, 2.45) is 0 Å². The van der Waals surface area contributed by atoms with E-state index < -0.39 is 0 Å². The van der Waals surface area contributed by atoms with Gasteiger partial charge < -0.3 is 4.74 Å². The monoisotopic (exact) mass is 228 g/mol. The molecule has 0 N–H and O–H groups in total.